The Kier molecular flexibility index (Phi) is 16.5. The molecule has 0 amide bonds. The Labute approximate surface area is 323 Å². The molecule has 1 fully saturated rings. The van der Waals surface area contributed by atoms with Crippen LogP contribution in [0.5, 0.6) is 0 Å². The number of hydrogen-bond acceptors (Lipinski definition) is 9. The van der Waals surface area contributed by atoms with Crippen LogP contribution in [0.1, 0.15) is 46.7 Å². The zero-order chi connectivity index (χ0) is 40.8. The number of thiol groups is 1. The second kappa shape index (κ2) is 20.8. The molecule has 1 aliphatic heterocycles. The number of ether oxygens (including phenoxy) is 1. The lowest BCUT2D eigenvalue weighted by molar-refractivity contribution is -0.143. The van der Waals surface area contributed by atoms with Gasteiger partial charge in [0.25, 0.3) is 0 Å². The van der Waals surface area contributed by atoms with E-state index in [0.29, 0.717) is 37.7 Å². The topological polar surface area (TPSA) is 108 Å². The maximum absolute atomic E-state index is 13.7. The molecule has 4 aromatic carbocycles. The Morgan fingerprint density at radius 2 is 1.27 bits per heavy atom. The zero-order valence-corrected chi connectivity index (χ0v) is 31.5. The molecule has 1 saturated heterocycles. The molecule has 6 rings (SSSR count). The minimum Gasteiger partial charge on any atom is -0.379 e. The van der Waals surface area contributed by atoms with Crippen LogP contribution in [-0.2, 0) is 54.6 Å². The normalized spacial score (nSPS) is 14.2. The molecule has 0 spiro atoms. The largest absolute Gasteiger partial charge is 0.460 e. The number of nitrogens with one attached hydrogen (secondary N) is 1. The van der Waals surface area contributed by atoms with Crippen LogP contribution in [0.15, 0.2) is 114 Å². The summed E-state index contributed by atoms with van der Waals surface area (Å²) in [6, 6.07) is 27.8. The van der Waals surface area contributed by atoms with Crippen LogP contribution in [0, 0.1) is 5.82 Å². The van der Waals surface area contributed by atoms with Crippen molar-refractivity contribution in [3.63, 3.8) is 0 Å². The van der Waals surface area contributed by atoms with E-state index in [-0.39, 0.29) is 30.7 Å². The highest BCUT2D eigenvalue weighted by Gasteiger charge is 2.37. The van der Waals surface area contributed by atoms with Crippen LogP contribution in [0.25, 0.3) is 0 Å². The monoisotopic (exact) mass is 830 g/mol. The predicted molar refractivity (Wildman–Crippen MR) is 196 cm³/mol. The molecule has 0 radical (unpaired) electrons. The summed E-state index contributed by atoms with van der Waals surface area (Å²) < 4.78 is 122. The van der Waals surface area contributed by atoms with Gasteiger partial charge in [0.1, 0.15) is 11.6 Å². The van der Waals surface area contributed by atoms with E-state index in [1.54, 1.807) is 18.2 Å². The number of alkyl halides is 6. The molecule has 5 aromatic rings. The molecule has 0 aliphatic carbocycles. The number of rotatable bonds is 11. The van der Waals surface area contributed by atoms with Crippen LogP contribution in [-0.4, -0.2) is 45.7 Å². The van der Waals surface area contributed by atoms with Gasteiger partial charge in [0.2, 0.25) is 0 Å². The van der Waals surface area contributed by atoms with Gasteiger partial charge in [-0.2, -0.15) is 26.3 Å². The van der Waals surface area contributed by atoms with E-state index in [4.69, 9.17) is 13.8 Å². The quantitative estimate of drug-likeness (QED) is 0.0588. The third kappa shape index (κ3) is 14.0. The molecule has 1 aliphatic rings. The van der Waals surface area contributed by atoms with Gasteiger partial charge in [-0.25, -0.2) is 13.8 Å². The molecule has 1 aromatic heterocycles. The van der Waals surface area contributed by atoms with E-state index in [9.17, 15) is 40.1 Å². The van der Waals surface area contributed by atoms with Crippen molar-refractivity contribution in [1.29, 1.82) is 0 Å². The van der Waals surface area contributed by atoms with Crippen LogP contribution in [0.2, 0.25) is 0 Å². The predicted octanol–water partition coefficient (Wildman–Crippen LogP) is 9.27. The van der Waals surface area contributed by atoms with E-state index in [1.165, 1.54) is 19.1 Å². The maximum atomic E-state index is 13.7. The van der Waals surface area contributed by atoms with E-state index in [1.807, 2.05) is 60.7 Å². The number of nitrogens with zero attached hydrogens (tertiary/aromatic N) is 3. The van der Waals surface area contributed by atoms with Crippen molar-refractivity contribution < 1.29 is 53.3 Å². The van der Waals surface area contributed by atoms with E-state index in [2.05, 4.69) is 32.1 Å². The number of halogens is 7. The van der Waals surface area contributed by atoms with Gasteiger partial charge in [-0.3, -0.25) is 18.9 Å². The minimum atomic E-state index is -4.85. The molecule has 10 nitrogen and oxygen atoms in total. The second-order valence-electron chi connectivity index (χ2n) is 12.0. The maximum Gasteiger partial charge on any atom is 0.460 e. The van der Waals surface area contributed by atoms with Gasteiger partial charge in [-0.15, -0.1) is 9.55 Å². The Bertz CT molecular complexity index is 1950. The van der Waals surface area contributed by atoms with E-state index in [0.717, 1.165) is 28.7 Å². The van der Waals surface area contributed by atoms with Crippen molar-refractivity contribution in [3.8, 4) is 0 Å². The van der Waals surface area contributed by atoms with Crippen molar-refractivity contribution in [2.24, 2.45) is 0 Å². The number of aromatic amines is 1. The first-order chi connectivity index (χ1) is 26.6. The highest BCUT2D eigenvalue weighted by Crippen LogP contribution is 2.49. The first-order valence-corrected chi connectivity index (χ1v) is 18.7. The summed E-state index contributed by atoms with van der Waals surface area (Å²) in [4.78, 5) is 17.4. The number of H-pyrrole nitrogens is 1. The highest BCUT2D eigenvalue weighted by molar-refractivity contribution is 7.75. The van der Waals surface area contributed by atoms with Crippen LogP contribution >= 0.6 is 20.7 Å². The van der Waals surface area contributed by atoms with Crippen molar-refractivity contribution in [1.82, 2.24) is 19.4 Å². The summed E-state index contributed by atoms with van der Waals surface area (Å²) in [6.45, 7) is 4.48. The molecular formula is C37H38F7N4O6PS. The zero-order valence-electron chi connectivity index (χ0n) is 29.8. The molecule has 1 N–H and O–H groups in total. The first kappa shape index (κ1) is 44.4. The number of hydrogen-bond donors (Lipinski definition) is 2. The Balaban J connectivity index is 0.000000233. The Hall–Kier alpha value is -4.29. The SMILES string of the molecule is C[C@@H](OS)c1cc(C(F)(F)F)cc(C(F)(F)F)c1.Fc1ccccc1.O=c1[nH]c(CN2CCOCC2)nn1P(=O)(OCc1ccccc1)OCc1ccccc1. The van der Waals surface area contributed by atoms with E-state index >= 15 is 0 Å². The fourth-order valence-electron chi connectivity index (χ4n) is 4.86. The standard InChI is InChI=1S/C21H25N4O5P.C10H8F6OS.C6H5F/c26-21-22-20(15-24-11-13-28-14-12-24)23-25(21)31(27,29-16-18-7-3-1-4-8-18)30-17-19-9-5-2-6-10-19;1-5(17-18)6-2-7(9(11,12)13)4-8(3-6)10(14,15)16;7-6-4-2-1-3-5-6/h1-10H,11-17H2,(H,22,23,26);2-5,18H,1H3;1-5H/t;5-;/m.1./s1. The minimum absolute atomic E-state index is 0.0189. The lowest BCUT2D eigenvalue weighted by Crippen LogP contribution is -2.36. The summed E-state index contributed by atoms with van der Waals surface area (Å²) >= 11 is 3.38. The van der Waals surface area contributed by atoms with Crippen LogP contribution in [0.4, 0.5) is 30.7 Å². The molecule has 0 saturated carbocycles. The molecule has 56 heavy (non-hydrogen) atoms. The third-order valence-corrected chi connectivity index (χ3v) is 9.76. The lowest BCUT2D eigenvalue weighted by atomic mass is 10.0. The summed E-state index contributed by atoms with van der Waals surface area (Å²) in [7, 11) is -4.05. The van der Waals surface area contributed by atoms with Crippen molar-refractivity contribution >= 4 is 20.7 Å². The number of morpholine rings is 1. The van der Waals surface area contributed by atoms with Crippen molar-refractivity contribution in [2.45, 2.75) is 45.1 Å². The van der Waals surface area contributed by atoms with Gasteiger partial charge >= 0.3 is 25.8 Å². The van der Waals surface area contributed by atoms with Gasteiger partial charge in [0, 0.05) is 13.1 Å². The smallest absolute Gasteiger partial charge is 0.379 e. The number of aromatic nitrogens is 3. The van der Waals surface area contributed by atoms with Crippen LogP contribution in [0.3, 0.4) is 0 Å². The molecule has 0 unspecified atom stereocenters. The third-order valence-electron chi connectivity index (χ3n) is 7.80. The molecule has 0 bridgehead atoms. The van der Waals surface area contributed by atoms with Crippen molar-refractivity contribution in [2.75, 3.05) is 26.3 Å². The molecule has 19 heteroatoms. The fourth-order valence-corrected chi connectivity index (χ4v) is 6.39. The molecular weight excluding hydrogens is 792 g/mol. The summed E-state index contributed by atoms with van der Waals surface area (Å²) in [6.07, 6.45) is -10.7. The van der Waals surface area contributed by atoms with E-state index < -0.39 is 43.0 Å². The Morgan fingerprint density at radius 1 is 0.804 bits per heavy atom. The van der Waals surface area contributed by atoms with Gasteiger partial charge < -0.3 is 8.92 Å². The molecule has 1 atom stereocenters. The fraction of sp³-hybridized carbons (Fsp3) is 0.297. The van der Waals surface area contributed by atoms with Gasteiger partial charge in [-0.05, 0) is 66.9 Å². The molecule has 2 heterocycles. The van der Waals surface area contributed by atoms with Crippen LogP contribution < -0.4 is 5.69 Å². The summed E-state index contributed by atoms with van der Waals surface area (Å²) in [5.74, 6) is 0.223. The highest BCUT2D eigenvalue weighted by atomic mass is 32.1. The number of benzene rings is 4. The average Bonchev–Trinajstić information content (AvgIpc) is 3.57. The van der Waals surface area contributed by atoms with Gasteiger partial charge in [0.15, 0.2) is 0 Å². The molecule has 302 valence electrons. The van der Waals surface area contributed by atoms with Crippen molar-refractivity contribution in [3.05, 3.63) is 159 Å². The lowest BCUT2D eigenvalue weighted by Gasteiger charge is -2.25. The summed E-state index contributed by atoms with van der Waals surface area (Å²) in [5, 5.41) is 4.25. The Morgan fingerprint density at radius 3 is 1.68 bits per heavy atom. The van der Waals surface area contributed by atoms with Gasteiger partial charge in [-0.1, -0.05) is 78.9 Å². The second-order valence-corrected chi connectivity index (χ2v) is 14.1. The first-order valence-electron chi connectivity index (χ1n) is 16.8. The summed E-state index contributed by atoms with van der Waals surface area (Å²) in [5.41, 5.74) is -2.00. The average molecular weight is 831 g/mol. The van der Waals surface area contributed by atoms with Gasteiger partial charge in [0.05, 0.1) is 50.2 Å².